The molecule has 0 saturated heterocycles. The highest BCUT2D eigenvalue weighted by atomic mass is 35.5. The Morgan fingerprint density at radius 3 is 2.90 bits per heavy atom. The molecule has 0 fully saturated rings. The number of thioether (sulfide) groups is 1. The summed E-state index contributed by atoms with van der Waals surface area (Å²) in [5.41, 5.74) is 1.20. The summed E-state index contributed by atoms with van der Waals surface area (Å²) >= 11 is 7.89. The molecule has 0 bridgehead atoms. The molecule has 21 heavy (non-hydrogen) atoms. The lowest BCUT2D eigenvalue weighted by atomic mass is 10.1. The van der Waals surface area contributed by atoms with Crippen molar-refractivity contribution in [3.8, 4) is 11.8 Å². The third-order valence-corrected chi connectivity index (χ3v) is 4.28. The second-order valence-electron chi connectivity index (χ2n) is 4.56. The van der Waals surface area contributed by atoms with Crippen molar-refractivity contribution in [1.29, 1.82) is 0 Å². The van der Waals surface area contributed by atoms with Crippen LogP contribution in [-0.4, -0.2) is 35.7 Å². The Morgan fingerprint density at radius 1 is 1.52 bits per heavy atom. The number of amides is 1. The number of carbonyl (C=O) groups is 1. The first-order chi connectivity index (χ1) is 10.1. The highest BCUT2D eigenvalue weighted by Gasteiger charge is 2.08. The molecule has 1 atom stereocenters. The van der Waals surface area contributed by atoms with Gasteiger partial charge in [-0.25, -0.2) is 0 Å². The van der Waals surface area contributed by atoms with Gasteiger partial charge in [0.15, 0.2) is 0 Å². The molecule has 0 aromatic heterocycles. The van der Waals surface area contributed by atoms with Crippen LogP contribution in [-0.2, 0) is 0 Å². The van der Waals surface area contributed by atoms with Crippen molar-refractivity contribution < 1.29 is 9.90 Å². The molecule has 2 N–H and O–H groups in total. The van der Waals surface area contributed by atoms with E-state index in [9.17, 15) is 4.79 Å². The second kappa shape index (κ2) is 9.73. The van der Waals surface area contributed by atoms with E-state index in [2.05, 4.69) is 30.3 Å². The predicted molar refractivity (Wildman–Crippen MR) is 90.0 cm³/mol. The Hall–Kier alpha value is -1.15. The summed E-state index contributed by atoms with van der Waals surface area (Å²) in [6, 6.07) is 5.06. The van der Waals surface area contributed by atoms with E-state index < -0.39 is 0 Å². The van der Waals surface area contributed by atoms with Gasteiger partial charge in [-0.1, -0.05) is 30.4 Å². The number of rotatable bonds is 6. The summed E-state index contributed by atoms with van der Waals surface area (Å²) < 4.78 is 0. The van der Waals surface area contributed by atoms with Crippen molar-refractivity contribution in [2.45, 2.75) is 25.0 Å². The van der Waals surface area contributed by atoms with E-state index in [4.69, 9.17) is 16.7 Å². The van der Waals surface area contributed by atoms with Crippen LogP contribution >= 0.6 is 23.4 Å². The van der Waals surface area contributed by atoms with Gasteiger partial charge in [-0.2, -0.15) is 11.8 Å². The molecule has 1 aromatic rings. The average molecular weight is 326 g/mol. The molecule has 114 valence electrons. The van der Waals surface area contributed by atoms with Crippen LogP contribution in [0.5, 0.6) is 0 Å². The zero-order chi connectivity index (χ0) is 15.7. The lowest BCUT2D eigenvalue weighted by Gasteiger charge is -2.09. The summed E-state index contributed by atoms with van der Waals surface area (Å²) in [5.74, 6) is 5.55. The molecule has 1 aromatic carbocycles. The van der Waals surface area contributed by atoms with Gasteiger partial charge >= 0.3 is 0 Å². The van der Waals surface area contributed by atoms with Crippen molar-refractivity contribution in [2.24, 2.45) is 0 Å². The maximum Gasteiger partial charge on any atom is 0.251 e. The number of nitrogens with one attached hydrogen (secondary N) is 1. The van der Waals surface area contributed by atoms with Crippen LogP contribution in [0.25, 0.3) is 0 Å². The first-order valence-electron chi connectivity index (χ1n) is 6.78. The maximum atomic E-state index is 12.0. The molecule has 5 heteroatoms. The quantitative estimate of drug-likeness (QED) is 0.791. The van der Waals surface area contributed by atoms with Crippen LogP contribution in [0, 0.1) is 11.8 Å². The van der Waals surface area contributed by atoms with Crippen LogP contribution < -0.4 is 5.32 Å². The minimum Gasteiger partial charge on any atom is -0.395 e. The van der Waals surface area contributed by atoms with E-state index >= 15 is 0 Å². The number of halogens is 1. The van der Waals surface area contributed by atoms with Gasteiger partial charge in [0.25, 0.3) is 5.91 Å². The lowest BCUT2D eigenvalue weighted by molar-refractivity contribution is 0.0953. The molecular weight excluding hydrogens is 306 g/mol. The number of hydrogen-bond donors (Lipinski definition) is 2. The normalized spacial score (nSPS) is 11.4. The van der Waals surface area contributed by atoms with Crippen LogP contribution in [0.2, 0.25) is 5.02 Å². The average Bonchev–Trinajstić information content (AvgIpc) is 2.48. The Labute approximate surface area is 135 Å². The van der Waals surface area contributed by atoms with Crippen molar-refractivity contribution in [2.75, 3.05) is 19.4 Å². The van der Waals surface area contributed by atoms with Crippen molar-refractivity contribution in [3.05, 3.63) is 34.3 Å². The number of carbonyl (C=O) groups excluding carboxylic acids is 1. The number of hydrogen-bond acceptors (Lipinski definition) is 3. The van der Waals surface area contributed by atoms with Gasteiger partial charge in [0.1, 0.15) is 0 Å². The van der Waals surface area contributed by atoms with Gasteiger partial charge in [-0.3, -0.25) is 4.79 Å². The maximum absolute atomic E-state index is 12.0. The van der Waals surface area contributed by atoms with E-state index in [0.29, 0.717) is 34.4 Å². The van der Waals surface area contributed by atoms with Crippen LogP contribution in [0.4, 0.5) is 0 Å². The fourth-order valence-corrected chi connectivity index (χ4v) is 2.16. The predicted octanol–water partition coefficient (Wildman–Crippen LogP) is 2.95. The summed E-state index contributed by atoms with van der Waals surface area (Å²) in [5, 5.41) is 12.5. The molecule has 0 spiro atoms. The third-order valence-electron chi connectivity index (χ3n) is 2.93. The van der Waals surface area contributed by atoms with E-state index in [0.717, 1.165) is 6.42 Å². The summed E-state index contributed by atoms with van der Waals surface area (Å²) in [6.45, 7) is 2.81. The van der Waals surface area contributed by atoms with Gasteiger partial charge in [-0.05, 0) is 30.9 Å². The lowest BCUT2D eigenvalue weighted by Crippen LogP contribution is -2.26. The number of benzene rings is 1. The Morgan fingerprint density at radius 2 is 2.29 bits per heavy atom. The summed E-state index contributed by atoms with van der Waals surface area (Å²) in [6.07, 6.45) is 3.40. The van der Waals surface area contributed by atoms with Gasteiger partial charge in [0.05, 0.1) is 11.6 Å². The second-order valence-corrected chi connectivity index (χ2v) is 6.24. The van der Waals surface area contributed by atoms with E-state index in [1.165, 1.54) is 0 Å². The van der Waals surface area contributed by atoms with Crippen molar-refractivity contribution in [3.63, 3.8) is 0 Å². The first-order valence-corrected chi connectivity index (χ1v) is 8.45. The van der Waals surface area contributed by atoms with Gasteiger partial charge in [0, 0.05) is 29.3 Å². The molecule has 0 heterocycles. The third kappa shape index (κ3) is 6.43. The molecule has 3 nitrogen and oxygen atoms in total. The van der Waals surface area contributed by atoms with Gasteiger partial charge < -0.3 is 10.4 Å². The number of aliphatic hydroxyl groups is 1. The topological polar surface area (TPSA) is 49.3 Å². The van der Waals surface area contributed by atoms with E-state index in [-0.39, 0.29) is 12.5 Å². The van der Waals surface area contributed by atoms with Crippen molar-refractivity contribution >= 4 is 29.3 Å². The Kier molecular flexibility index (Phi) is 8.29. The van der Waals surface area contributed by atoms with Gasteiger partial charge in [0.2, 0.25) is 0 Å². The molecule has 0 radical (unpaired) electrons. The summed E-state index contributed by atoms with van der Waals surface area (Å²) in [4.78, 5) is 12.0. The van der Waals surface area contributed by atoms with Crippen molar-refractivity contribution in [1.82, 2.24) is 5.32 Å². The van der Waals surface area contributed by atoms with Crippen LogP contribution in [0.1, 0.15) is 35.7 Å². The molecule has 0 aliphatic rings. The molecule has 0 saturated carbocycles. The van der Waals surface area contributed by atoms with E-state index in [1.54, 1.807) is 30.0 Å². The fourth-order valence-electron chi connectivity index (χ4n) is 1.58. The number of aliphatic hydroxyl groups excluding tert-OH is 1. The fraction of sp³-hybridized carbons (Fsp3) is 0.438. The monoisotopic (exact) mass is 325 g/mol. The standard InChI is InChI=1S/C16H20ClNO2S/c1-12(21-2)8-9-18-16(20)14-7-6-13(15(17)11-14)5-3-4-10-19/h6-7,11-12,19H,4,8-10H2,1-2H3,(H,18,20). The molecule has 0 aliphatic heterocycles. The SMILES string of the molecule is CSC(C)CCNC(=O)c1ccc(C#CCCO)c(Cl)c1. The Bertz CT molecular complexity index is 537. The first kappa shape index (κ1) is 17.9. The zero-order valence-electron chi connectivity index (χ0n) is 12.3. The molecular formula is C16H20ClNO2S. The largest absolute Gasteiger partial charge is 0.395 e. The minimum atomic E-state index is -0.125. The molecule has 1 amide bonds. The minimum absolute atomic E-state index is 0.0274. The summed E-state index contributed by atoms with van der Waals surface area (Å²) in [7, 11) is 0. The smallest absolute Gasteiger partial charge is 0.251 e. The highest BCUT2D eigenvalue weighted by Crippen LogP contribution is 2.17. The highest BCUT2D eigenvalue weighted by molar-refractivity contribution is 7.99. The molecule has 1 rings (SSSR count). The molecule has 1 unspecified atom stereocenters. The molecule has 0 aliphatic carbocycles. The Balaban J connectivity index is 2.62. The van der Waals surface area contributed by atoms with Gasteiger partial charge in [-0.15, -0.1) is 0 Å². The zero-order valence-corrected chi connectivity index (χ0v) is 13.9. The van der Waals surface area contributed by atoms with E-state index in [1.807, 2.05) is 0 Å². The van der Waals surface area contributed by atoms with Crippen LogP contribution in [0.15, 0.2) is 18.2 Å². The van der Waals surface area contributed by atoms with Crippen LogP contribution in [0.3, 0.4) is 0 Å².